The van der Waals surface area contributed by atoms with Gasteiger partial charge in [-0.1, -0.05) is 42.1 Å². The molecule has 3 aromatic rings. The zero-order valence-electron chi connectivity index (χ0n) is 15.6. The zero-order valence-corrected chi connectivity index (χ0v) is 16.4. The minimum atomic E-state index is 0.129. The number of carbonyl (C=O) groups is 1. The van der Waals surface area contributed by atoms with Crippen LogP contribution in [0.5, 0.6) is 0 Å². The molecule has 1 aliphatic rings. The van der Waals surface area contributed by atoms with Gasteiger partial charge in [0.05, 0.1) is 11.8 Å². The van der Waals surface area contributed by atoms with E-state index in [9.17, 15) is 4.79 Å². The van der Waals surface area contributed by atoms with Gasteiger partial charge in [0, 0.05) is 23.5 Å². The predicted molar refractivity (Wildman–Crippen MR) is 105 cm³/mol. The van der Waals surface area contributed by atoms with E-state index in [1.165, 1.54) is 17.3 Å². The van der Waals surface area contributed by atoms with Crippen molar-refractivity contribution in [2.75, 3.05) is 5.75 Å². The molecule has 0 N–H and O–H groups in total. The van der Waals surface area contributed by atoms with E-state index in [0.29, 0.717) is 11.8 Å². The van der Waals surface area contributed by atoms with Crippen LogP contribution in [0.2, 0.25) is 0 Å². The third-order valence-electron chi connectivity index (χ3n) is 5.03. The van der Waals surface area contributed by atoms with Crippen LogP contribution >= 0.6 is 11.8 Å². The first-order valence-electron chi connectivity index (χ1n) is 9.28. The molecule has 7 heteroatoms. The maximum Gasteiger partial charge on any atom is 0.210 e. The summed E-state index contributed by atoms with van der Waals surface area (Å²) in [5.74, 6) is 0.486. The molecular formula is C20H23N5OS. The van der Waals surface area contributed by atoms with E-state index in [1.807, 2.05) is 23.7 Å². The maximum absolute atomic E-state index is 12.8. The molecule has 1 aliphatic carbocycles. The fourth-order valence-corrected chi connectivity index (χ4v) is 4.18. The van der Waals surface area contributed by atoms with Gasteiger partial charge >= 0.3 is 0 Å². The molecule has 2 heterocycles. The van der Waals surface area contributed by atoms with Crippen molar-refractivity contribution in [1.29, 1.82) is 0 Å². The number of aryl methyl sites for hydroxylation is 2. The molecule has 140 valence electrons. The molecule has 0 amide bonds. The van der Waals surface area contributed by atoms with E-state index >= 15 is 0 Å². The van der Waals surface area contributed by atoms with E-state index in [1.54, 1.807) is 0 Å². The standard InChI is InChI=1S/C20H23N5OS/c1-14-12-18(15(2)24(14)11-10-16-6-4-3-5-7-16)19(26)13-27-20-21-22-23-25(20)17-8-9-17/h3-7,12,17H,8-11,13H2,1-2H3. The van der Waals surface area contributed by atoms with Crippen molar-refractivity contribution >= 4 is 17.5 Å². The monoisotopic (exact) mass is 381 g/mol. The highest BCUT2D eigenvalue weighted by molar-refractivity contribution is 7.99. The van der Waals surface area contributed by atoms with Crippen molar-refractivity contribution in [1.82, 2.24) is 24.8 Å². The number of thioether (sulfide) groups is 1. The first-order chi connectivity index (χ1) is 13.1. The number of hydrogen-bond donors (Lipinski definition) is 0. The average molecular weight is 382 g/mol. The number of nitrogens with zero attached hydrogens (tertiary/aromatic N) is 5. The van der Waals surface area contributed by atoms with Gasteiger partial charge < -0.3 is 4.57 Å². The van der Waals surface area contributed by atoms with E-state index in [4.69, 9.17) is 0 Å². The van der Waals surface area contributed by atoms with Crippen molar-refractivity contribution < 1.29 is 4.79 Å². The Morgan fingerprint density at radius 2 is 2.00 bits per heavy atom. The highest BCUT2D eigenvalue weighted by Gasteiger charge is 2.28. The van der Waals surface area contributed by atoms with Gasteiger partial charge in [0.25, 0.3) is 0 Å². The highest BCUT2D eigenvalue weighted by atomic mass is 32.2. The van der Waals surface area contributed by atoms with Crippen molar-refractivity contribution in [3.05, 3.63) is 58.9 Å². The summed E-state index contributed by atoms with van der Waals surface area (Å²) in [6.45, 7) is 4.97. The molecule has 1 saturated carbocycles. The Morgan fingerprint density at radius 3 is 2.74 bits per heavy atom. The molecule has 0 atom stereocenters. The number of Topliss-reactive ketones (excluding diaryl/α,β-unsaturated/α-hetero) is 1. The zero-order chi connectivity index (χ0) is 18.8. The van der Waals surface area contributed by atoms with E-state index in [2.05, 4.69) is 51.3 Å². The van der Waals surface area contributed by atoms with Gasteiger partial charge in [-0.2, -0.15) is 0 Å². The van der Waals surface area contributed by atoms with Crippen LogP contribution in [0.4, 0.5) is 0 Å². The minimum absolute atomic E-state index is 0.129. The second-order valence-electron chi connectivity index (χ2n) is 7.02. The molecule has 27 heavy (non-hydrogen) atoms. The quantitative estimate of drug-likeness (QED) is 0.440. The second-order valence-corrected chi connectivity index (χ2v) is 7.96. The molecule has 0 bridgehead atoms. The Kier molecular flexibility index (Phi) is 5.11. The molecule has 1 aromatic carbocycles. The van der Waals surface area contributed by atoms with Gasteiger partial charge in [-0.3, -0.25) is 4.79 Å². The van der Waals surface area contributed by atoms with Crippen LogP contribution in [0.15, 0.2) is 41.6 Å². The SMILES string of the molecule is Cc1cc(C(=O)CSc2nnnn2C2CC2)c(C)n1CCc1ccccc1. The Bertz CT molecular complexity index is 943. The maximum atomic E-state index is 12.8. The number of tetrazole rings is 1. The topological polar surface area (TPSA) is 65.6 Å². The first-order valence-corrected chi connectivity index (χ1v) is 10.3. The van der Waals surface area contributed by atoms with Crippen LogP contribution in [-0.2, 0) is 13.0 Å². The fraction of sp³-hybridized carbons (Fsp3) is 0.400. The Hall–Kier alpha value is -2.41. The Balaban J connectivity index is 1.42. The van der Waals surface area contributed by atoms with Crippen LogP contribution < -0.4 is 0 Å². The molecule has 4 rings (SSSR count). The molecule has 2 aromatic heterocycles. The summed E-state index contributed by atoms with van der Waals surface area (Å²) in [6.07, 6.45) is 3.19. The minimum Gasteiger partial charge on any atom is -0.348 e. The summed E-state index contributed by atoms with van der Waals surface area (Å²) in [6, 6.07) is 12.9. The van der Waals surface area contributed by atoms with Crippen molar-refractivity contribution in [3.63, 3.8) is 0 Å². The van der Waals surface area contributed by atoms with Gasteiger partial charge in [-0.25, -0.2) is 4.68 Å². The lowest BCUT2D eigenvalue weighted by atomic mass is 10.1. The second kappa shape index (κ2) is 7.68. The summed E-state index contributed by atoms with van der Waals surface area (Å²) in [5, 5.41) is 12.6. The number of benzene rings is 1. The number of carbonyl (C=O) groups excluding carboxylic acids is 1. The van der Waals surface area contributed by atoms with Gasteiger partial charge in [-0.05, 0) is 55.2 Å². The van der Waals surface area contributed by atoms with Crippen LogP contribution in [0.3, 0.4) is 0 Å². The van der Waals surface area contributed by atoms with Crippen LogP contribution in [-0.4, -0.2) is 36.3 Å². The van der Waals surface area contributed by atoms with Gasteiger partial charge in [0.2, 0.25) is 5.16 Å². The Morgan fingerprint density at radius 1 is 1.22 bits per heavy atom. The summed E-state index contributed by atoms with van der Waals surface area (Å²) >= 11 is 1.43. The number of rotatable bonds is 8. The average Bonchev–Trinajstić information content (AvgIpc) is 3.35. The lowest BCUT2D eigenvalue weighted by Crippen LogP contribution is -2.09. The van der Waals surface area contributed by atoms with E-state index in [-0.39, 0.29) is 5.78 Å². The largest absolute Gasteiger partial charge is 0.348 e. The van der Waals surface area contributed by atoms with Crippen molar-refractivity contribution in [3.8, 4) is 0 Å². The smallest absolute Gasteiger partial charge is 0.210 e. The predicted octanol–water partition coefficient (Wildman–Crippen LogP) is 3.64. The molecule has 0 unspecified atom stereocenters. The van der Waals surface area contributed by atoms with Gasteiger partial charge in [-0.15, -0.1) is 5.10 Å². The normalized spacial score (nSPS) is 13.9. The van der Waals surface area contributed by atoms with Crippen LogP contribution in [0, 0.1) is 13.8 Å². The van der Waals surface area contributed by atoms with Gasteiger partial charge in [0.1, 0.15) is 0 Å². The molecule has 0 radical (unpaired) electrons. The summed E-state index contributed by atoms with van der Waals surface area (Å²) < 4.78 is 4.08. The van der Waals surface area contributed by atoms with Gasteiger partial charge in [0.15, 0.2) is 5.78 Å². The number of aromatic nitrogens is 5. The highest BCUT2D eigenvalue weighted by Crippen LogP contribution is 2.36. The fourth-order valence-electron chi connectivity index (χ4n) is 3.35. The molecule has 0 aliphatic heterocycles. The lowest BCUT2D eigenvalue weighted by Gasteiger charge is -2.10. The van der Waals surface area contributed by atoms with E-state index < -0.39 is 0 Å². The molecule has 6 nitrogen and oxygen atoms in total. The number of ketones is 1. The molecular weight excluding hydrogens is 358 g/mol. The van der Waals surface area contributed by atoms with Crippen molar-refractivity contribution in [2.24, 2.45) is 0 Å². The molecule has 0 spiro atoms. The van der Waals surface area contributed by atoms with Crippen LogP contribution in [0.1, 0.15) is 46.2 Å². The lowest BCUT2D eigenvalue weighted by molar-refractivity contribution is 0.102. The van der Waals surface area contributed by atoms with E-state index in [0.717, 1.165) is 47.9 Å². The Labute approximate surface area is 163 Å². The van der Waals surface area contributed by atoms with Crippen molar-refractivity contribution in [2.45, 2.75) is 50.9 Å². The molecule has 1 fully saturated rings. The third kappa shape index (κ3) is 3.98. The van der Waals surface area contributed by atoms with Crippen LogP contribution in [0.25, 0.3) is 0 Å². The number of hydrogen-bond acceptors (Lipinski definition) is 5. The summed E-state index contributed by atoms with van der Waals surface area (Å²) in [7, 11) is 0. The summed E-state index contributed by atoms with van der Waals surface area (Å²) in [4.78, 5) is 12.8. The third-order valence-corrected chi connectivity index (χ3v) is 5.96. The molecule has 0 saturated heterocycles. The summed E-state index contributed by atoms with van der Waals surface area (Å²) in [5.41, 5.74) is 4.27. The first kappa shape index (κ1) is 18.0.